The van der Waals surface area contributed by atoms with E-state index in [0.29, 0.717) is 18.3 Å². The van der Waals surface area contributed by atoms with Gasteiger partial charge in [-0.1, -0.05) is 0 Å². The predicted octanol–water partition coefficient (Wildman–Crippen LogP) is 1.14. The summed E-state index contributed by atoms with van der Waals surface area (Å²) in [4.78, 5) is 15.7. The van der Waals surface area contributed by atoms with Gasteiger partial charge in [0, 0.05) is 12.0 Å². The van der Waals surface area contributed by atoms with Crippen LogP contribution in [-0.4, -0.2) is 21.4 Å². The molecule has 0 aromatic rings. The lowest BCUT2D eigenvalue weighted by Gasteiger charge is -2.57. The van der Waals surface area contributed by atoms with Crippen LogP contribution < -0.4 is 5.73 Å². The van der Waals surface area contributed by atoms with Crippen molar-refractivity contribution in [2.45, 2.75) is 49.7 Å². The van der Waals surface area contributed by atoms with Crippen molar-refractivity contribution in [1.82, 2.24) is 0 Å². The van der Waals surface area contributed by atoms with Crippen LogP contribution >= 0.6 is 0 Å². The van der Waals surface area contributed by atoms with Crippen LogP contribution in [0.5, 0.6) is 0 Å². The molecule has 84 valence electrons. The molecule has 5 nitrogen and oxygen atoms in total. The molecule has 3 N–H and O–H groups in total. The van der Waals surface area contributed by atoms with Gasteiger partial charge in [-0.3, -0.25) is 0 Å². The quantitative estimate of drug-likeness (QED) is 0.674. The zero-order chi connectivity index (χ0) is 10.7. The Morgan fingerprint density at radius 3 is 2.33 bits per heavy atom. The monoisotopic (exact) mass is 213 g/mol. The Labute approximate surface area is 88.1 Å². The van der Waals surface area contributed by atoms with E-state index in [1.807, 2.05) is 0 Å². The summed E-state index contributed by atoms with van der Waals surface area (Å²) >= 11 is 0. The highest BCUT2D eigenvalue weighted by Crippen LogP contribution is 2.57. The highest BCUT2D eigenvalue weighted by atomic mass is 17.0. The van der Waals surface area contributed by atoms with Crippen molar-refractivity contribution >= 4 is 0 Å². The molecule has 0 aromatic heterocycles. The second-order valence-corrected chi connectivity index (χ2v) is 5.84. The van der Waals surface area contributed by atoms with E-state index in [-0.39, 0.29) is 10.6 Å². The molecular weight excluding hydrogens is 196 g/mol. The number of hydrogen-bond donors (Lipinski definition) is 2. The van der Waals surface area contributed by atoms with Crippen molar-refractivity contribution in [3.05, 3.63) is 4.91 Å². The first-order chi connectivity index (χ1) is 6.99. The van der Waals surface area contributed by atoms with Gasteiger partial charge >= 0.3 is 5.09 Å². The topological polar surface area (TPSA) is 75.6 Å². The van der Waals surface area contributed by atoms with Crippen molar-refractivity contribution in [2.75, 3.05) is 0 Å². The average molecular weight is 213 g/mol. The van der Waals surface area contributed by atoms with Crippen LogP contribution in [0.3, 0.4) is 0 Å². The molecule has 2 unspecified atom stereocenters. The maximum atomic E-state index is 10.6. The number of rotatable bonds is 2. The Hall–Kier alpha value is -0.840. The van der Waals surface area contributed by atoms with Crippen LogP contribution in [-0.2, 0) is 4.84 Å². The van der Waals surface area contributed by atoms with Gasteiger partial charge in [-0.05, 0) is 43.9 Å². The maximum Gasteiger partial charge on any atom is 0.475 e. The summed E-state index contributed by atoms with van der Waals surface area (Å²) in [7, 11) is 0. The van der Waals surface area contributed by atoms with Gasteiger partial charge in [-0.2, -0.15) is 4.84 Å². The molecule has 0 spiro atoms. The fourth-order valence-corrected chi connectivity index (χ4v) is 4.52. The van der Waals surface area contributed by atoms with Gasteiger partial charge in [0.1, 0.15) is 4.91 Å². The predicted molar refractivity (Wildman–Crippen MR) is 50.8 cm³/mol. The minimum absolute atomic E-state index is 0.153. The summed E-state index contributed by atoms with van der Waals surface area (Å²) in [6.45, 7) is 0. The summed E-state index contributed by atoms with van der Waals surface area (Å²) < 4.78 is 0. The minimum Gasteiger partial charge on any atom is -0.325 e. The molecule has 4 aliphatic carbocycles. The first-order valence-electron chi connectivity index (χ1n) is 5.63. The standard InChI is InChI=1S/C10H17N2O3/c11-9-2-7-1-8(3-9)5-10(4-7,6-9)15-12(13)14/h7-8H,1-6,11H2,(H,13,14)/q+1. The van der Waals surface area contributed by atoms with E-state index in [0.717, 1.165) is 25.7 Å². The highest BCUT2D eigenvalue weighted by Gasteiger charge is 2.61. The van der Waals surface area contributed by atoms with Crippen molar-refractivity contribution in [3.8, 4) is 0 Å². The molecule has 2 atom stereocenters. The van der Waals surface area contributed by atoms with Crippen molar-refractivity contribution in [3.63, 3.8) is 0 Å². The fourth-order valence-electron chi connectivity index (χ4n) is 4.52. The van der Waals surface area contributed by atoms with Gasteiger partial charge in [0.05, 0.1) is 0 Å². The first kappa shape index (κ1) is 9.39. The van der Waals surface area contributed by atoms with Crippen LogP contribution in [0.2, 0.25) is 0 Å². The molecule has 4 rings (SSSR count). The van der Waals surface area contributed by atoms with Crippen molar-refractivity contribution < 1.29 is 15.1 Å². The SMILES string of the molecule is NC12CC3CC(C1)CC(O[N+](=O)O)(C3)C2. The van der Waals surface area contributed by atoms with Gasteiger partial charge in [-0.25, -0.2) is 5.21 Å². The van der Waals surface area contributed by atoms with E-state index in [1.165, 1.54) is 6.42 Å². The second-order valence-electron chi connectivity index (χ2n) is 5.84. The molecular formula is C10H17N2O3+. The van der Waals surface area contributed by atoms with Crippen LogP contribution in [0.15, 0.2) is 0 Å². The third-order valence-electron chi connectivity index (χ3n) is 4.32. The average Bonchev–Trinajstić information content (AvgIpc) is 1.94. The minimum atomic E-state index is -0.477. The lowest BCUT2D eigenvalue weighted by Crippen LogP contribution is -2.64. The summed E-state index contributed by atoms with van der Waals surface area (Å²) in [6.07, 6.45) is 5.79. The van der Waals surface area contributed by atoms with Crippen molar-refractivity contribution in [1.29, 1.82) is 0 Å². The molecule has 0 amide bonds. The number of nitrogens with two attached hydrogens (primary N) is 1. The van der Waals surface area contributed by atoms with E-state index in [4.69, 9.17) is 15.8 Å². The third kappa shape index (κ3) is 1.40. The van der Waals surface area contributed by atoms with Crippen LogP contribution in [0.1, 0.15) is 38.5 Å². The van der Waals surface area contributed by atoms with E-state index in [2.05, 4.69) is 0 Å². The van der Waals surface area contributed by atoms with E-state index in [1.54, 1.807) is 0 Å². The van der Waals surface area contributed by atoms with Gasteiger partial charge in [-0.15, -0.1) is 0 Å². The van der Waals surface area contributed by atoms with Crippen molar-refractivity contribution in [2.24, 2.45) is 17.6 Å². The highest BCUT2D eigenvalue weighted by molar-refractivity contribution is 5.11. The van der Waals surface area contributed by atoms with Crippen LogP contribution in [0.25, 0.3) is 0 Å². The molecule has 0 saturated heterocycles. The first-order valence-corrected chi connectivity index (χ1v) is 5.63. The molecule has 0 aliphatic heterocycles. The summed E-state index contributed by atoms with van der Waals surface area (Å²) in [5.41, 5.74) is 5.67. The molecule has 4 saturated carbocycles. The molecule has 0 aromatic carbocycles. The Morgan fingerprint density at radius 1 is 1.27 bits per heavy atom. The lowest BCUT2D eigenvalue weighted by atomic mass is 9.51. The van der Waals surface area contributed by atoms with E-state index >= 15 is 0 Å². The van der Waals surface area contributed by atoms with E-state index in [9.17, 15) is 4.91 Å². The smallest absolute Gasteiger partial charge is 0.325 e. The molecule has 4 fully saturated rings. The zero-order valence-corrected chi connectivity index (χ0v) is 8.69. The molecule has 5 heteroatoms. The third-order valence-corrected chi connectivity index (χ3v) is 4.32. The Balaban J connectivity index is 1.89. The molecule has 4 bridgehead atoms. The van der Waals surface area contributed by atoms with Crippen LogP contribution in [0, 0.1) is 16.7 Å². The lowest BCUT2D eigenvalue weighted by molar-refractivity contribution is -0.990. The fraction of sp³-hybridized carbons (Fsp3) is 1.00. The second kappa shape index (κ2) is 2.64. The molecule has 0 radical (unpaired) electrons. The Kier molecular flexibility index (Phi) is 1.65. The maximum absolute atomic E-state index is 10.6. The van der Waals surface area contributed by atoms with Gasteiger partial charge in [0.15, 0.2) is 5.60 Å². The number of hydrogen-bond acceptors (Lipinski definition) is 3. The summed E-state index contributed by atoms with van der Waals surface area (Å²) in [5, 5.41) is 8.33. The largest absolute Gasteiger partial charge is 0.475 e. The Bertz CT molecular complexity index is 304. The zero-order valence-electron chi connectivity index (χ0n) is 8.69. The normalized spacial score (nSPS) is 51.8. The van der Waals surface area contributed by atoms with Gasteiger partial charge < -0.3 is 5.73 Å². The summed E-state index contributed by atoms with van der Waals surface area (Å²) in [6, 6.07) is 0. The molecule has 0 heterocycles. The van der Waals surface area contributed by atoms with Gasteiger partial charge in [0.25, 0.3) is 0 Å². The van der Waals surface area contributed by atoms with Crippen LogP contribution in [0.4, 0.5) is 0 Å². The summed E-state index contributed by atoms with van der Waals surface area (Å²) in [5.74, 6) is 1.16. The van der Waals surface area contributed by atoms with E-state index < -0.39 is 5.60 Å². The molecule has 15 heavy (non-hydrogen) atoms. The van der Waals surface area contributed by atoms with Gasteiger partial charge in [0.2, 0.25) is 0 Å². The Morgan fingerprint density at radius 2 is 1.87 bits per heavy atom. The molecule has 4 aliphatic rings. The number of nitrogens with zero attached hydrogens (tertiary/aromatic N) is 1.